The number of fused-ring (bicyclic) bond motifs is 1. The van der Waals surface area contributed by atoms with E-state index in [1.807, 2.05) is 36.5 Å². The van der Waals surface area contributed by atoms with Crippen LogP contribution in [0.3, 0.4) is 0 Å². The van der Waals surface area contributed by atoms with Crippen molar-refractivity contribution in [1.29, 1.82) is 0 Å². The molecular formula is C20H23N7O2. The van der Waals surface area contributed by atoms with Crippen LogP contribution in [0.4, 0.5) is 23.4 Å². The molecule has 0 unspecified atom stereocenters. The summed E-state index contributed by atoms with van der Waals surface area (Å²) in [5.41, 5.74) is 1.59. The van der Waals surface area contributed by atoms with Gasteiger partial charge in [0.1, 0.15) is 5.82 Å². The molecule has 2 fully saturated rings. The quantitative estimate of drug-likeness (QED) is 0.713. The molecule has 5 rings (SSSR count). The lowest BCUT2D eigenvalue weighted by Crippen LogP contribution is -2.38. The third-order valence-electron chi connectivity index (χ3n) is 5.05. The molecule has 0 spiro atoms. The van der Waals surface area contributed by atoms with Gasteiger partial charge in [-0.25, -0.2) is 4.98 Å². The zero-order valence-electron chi connectivity index (χ0n) is 16.1. The van der Waals surface area contributed by atoms with Gasteiger partial charge >= 0.3 is 0 Å². The molecule has 150 valence electrons. The number of aromatic nitrogens is 4. The SMILES string of the molecule is c1ccc(Nc2nc(N3CCOCC3)nc3nc(N4CCOCC4)ncc23)cc1. The number of rotatable bonds is 4. The fraction of sp³-hybridized carbons (Fsp3) is 0.400. The van der Waals surface area contributed by atoms with Gasteiger partial charge in [-0.3, -0.25) is 0 Å². The van der Waals surface area contributed by atoms with Crippen LogP contribution >= 0.6 is 0 Å². The van der Waals surface area contributed by atoms with Gasteiger partial charge in [0.25, 0.3) is 0 Å². The van der Waals surface area contributed by atoms with Crippen LogP contribution in [0.5, 0.6) is 0 Å². The Balaban J connectivity index is 1.56. The highest BCUT2D eigenvalue weighted by atomic mass is 16.5. The smallest absolute Gasteiger partial charge is 0.229 e. The van der Waals surface area contributed by atoms with Crippen molar-refractivity contribution in [2.24, 2.45) is 0 Å². The van der Waals surface area contributed by atoms with Gasteiger partial charge < -0.3 is 24.6 Å². The summed E-state index contributed by atoms with van der Waals surface area (Å²) in [4.78, 5) is 23.2. The summed E-state index contributed by atoms with van der Waals surface area (Å²) in [6.45, 7) is 5.80. The predicted octanol–water partition coefficient (Wildman–Crippen LogP) is 1.84. The fourth-order valence-corrected chi connectivity index (χ4v) is 3.47. The third kappa shape index (κ3) is 3.92. The first-order valence-corrected chi connectivity index (χ1v) is 9.89. The van der Waals surface area contributed by atoms with Gasteiger partial charge in [-0.1, -0.05) is 18.2 Å². The second kappa shape index (κ2) is 8.14. The molecule has 0 aliphatic carbocycles. The summed E-state index contributed by atoms with van der Waals surface area (Å²) in [6, 6.07) is 9.97. The Morgan fingerprint density at radius 3 is 2.07 bits per heavy atom. The fourth-order valence-electron chi connectivity index (χ4n) is 3.47. The normalized spacial score (nSPS) is 17.5. The highest BCUT2D eigenvalue weighted by Gasteiger charge is 2.20. The van der Waals surface area contributed by atoms with Crippen LogP contribution < -0.4 is 15.1 Å². The summed E-state index contributed by atoms with van der Waals surface area (Å²) >= 11 is 0. The topological polar surface area (TPSA) is 88.5 Å². The van der Waals surface area contributed by atoms with Crippen molar-refractivity contribution in [3.63, 3.8) is 0 Å². The molecule has 1 aromatic carbocycles. The molecule has 1 N–H and O–H groups in total. The summed E-state index contributed by atoms with van der Waals surface area (Å²) < 4.78 is 10.9. The van der Waals surface area contributed by atoms with E-state index in [9.17, 15) is 0 Å². The van der Waals surface area contributed by atoms with E-state index in [0.29, 0.717) is 49.8 Å². The van der Waals surface area contributed by atoms with E-state index < -0.39 is 0 Å². The monoisotopic (exact) mass is 393 g/mol. The van der Waals surface area contributed by atoms with Crippen LogP contribution in [0.1, 0.15) is 0 Å². The van der Waals surface area contributed by atoms with E-state index in [1.54, 1.807) is 0 Å². The second-order valence-electron chi connectivity index (χ2n) is 6.97. The van der Waals surface area contributed by atoms with Crippen LogP contribution in [0.2, 0.25) is 0 Å². The standard InChI is InChI=1S/C20H23N7O2/c1-2-4-15(5-3-1)22-17-16-14-21-19(26-6-10-28-11-7-26)23-18(16)25-20(24-17)27-8-12-29-13-9-27/h1-5,14H,6-13H2,(H,21,22,23,24,25). The molecule has 0 amide bonds. The zero-order valence-corrected chi connectivity index (χ0v) is 16.1. The molecular weight excluding hydrogens is 370 g/mol. The Labute approximate surface area is 168 Å². The second-order valence-corrected chi connectivity index (χ2v) is 6.97. The van der Waals surface area contributed by atoms with Gasteiger partial charge in [-0.05, 0) is 12.1 Å². The van der Waals surface area contributed by atoms with Gasteiger partial charge in [0.15, 0.2) is 5.65 Å². The van der Waals surface area contributed by atoms with Crippen molar-refractivity contribution in [3.8, 4) is 0 Å². The predicted molar refractivity (Wildman–Crippen MR) is 111 cm³/mol. The maximum absolute atomic E-state index is 5.48. The van der Waals surface area contributed by atoms with Crippen molar-refractivity contribution in [1.82, 2.24) is 19.9 Å². The lowest BCUT2D eigenvalue weighted by atomic mass is 10.3. The number of hydrogen-bond acceptors (Lipinski definition) is 9. The summed E-state index contributed by atoms with van der Waals surface area (Å²) in [5.74, 6) is 2.04. The molecule has 0 radical (unpaired) electrons. The molecule has 2 saturated heterocycles. The highest BCUT2D eigenvalue weighted by Crippen LogP contribution is 2.26. The Hall–Kier alpha value is -3.04. The first-order chi connectivity index (χ1) is 14.4. The molecule has 0 saturated carbocycles. The van der Waals surface area contributed by atoms with E-state index in [2.05, 4.69) is 20.1 Å². The van der Waals surface area contributed by atoms with Crippen LogP contribution in [-0.2, 0) is 9.47 Å². The first kappa shape index (κ1) is 18.0. The Bertz CT molecular complexity index is 968. The molecule has 29 heavy (non-hydrogen) atoms. The minimum absolute atomic E-state index is 0.636. The Morgan fingerprint density at radius 1 is 0.759 bits per heavy atom. The van der Waals surface area contributed by atoms with Gasteiger partial charge in [0.2, 0.25) is 11.9 Å². The molecule has 2 aliphatic rings. The van der Waals surface area contributed by atoms with Crippen molar-refractivity contribution < 1.29 is 9.47 Å². The molecule has 4 heterocycles. The van der Waals surface area contributed by atoms with Crippen LogP contribution in [0, 0.1) is 0 Å². The minimum Gasteiger partial charge on any atom is -0.378 e. The van der Waals surface area contributed by atoms with Gasteiger partial charge in [0, 0.05) is 38.1 Å². The number of hydrogen-bond donors (Lipinski definition) is 1. The maximum atomic E-state index is 5.48. The molecule has 9 heteroatoms. The van der Waals surface area contributed by atoms with Crippen molar-refractivity contribution in [3.05, 3.63) is 36.5 Å². The van der Waals surface area contributed by atoms with Crippen LogP contribution in [0.25, 0.3) is 11.0 Å². The summed E-state index contributed by atoms with van der Waals surface area (Å²) in [5, 5.41) is 4.20. The van der Waals surface area contributed by atoms with E-state index in [4.69, 9.17) is 24.4 Å². The maximum Gasteiger partial charge on any atom is 0.229 e. The number of anilines is 4. The summed E-state index contributed by atoms with van der Waals surface area (Å²) in [7, 11) is 0. The van der Waals surface area contributed by atoms with Gasteiger partial charge in [-0.15, -0.1) is 0 Å². The average molecular weight is 393 g/mol. The number of para-hydroxylation sites is 1. The van der Waals surface area contributed by atoms with Crippen molar-refractivity contribution in [2.75, 3.05) is 67.7 Å². The van der Waals surface area contributed by atoms with E-state index in [1.165, 1.54) is 0 Å². The van der Waals surface area contributed by atoms with Crippen molar-refractivity contribution in [2.45, 2.75) is 0 Å². The lowest BCUT2D eigenvalue weighted by Gasteiger charge is -2.28. The first-order valence-electron chi connectivity index (χ1n) is 9.89. The van der Waals surface area contributed by atoms with E-state index >= 15 is 0 Å². The van der Waals surface area contributed by atoms with E-state index in [0.717, 1.165) is 37.3 Å². The van der Waals surface area contributed by atoms with Crippen LogP contribution in [-0.4, -0.2) is 72.5 Å². The number of ether oxygens (including phenoxy) is 2. The van der Waals surface area contributed by atoms with Gasteiger partial charge in [-0.2, -0.15) is 15.0 Å². The van der Waals surface area contributed by atoms with E-state index in [-0.39, 0.29) is 0 Å². The number of morpholine rings is 2. The van der Waals surface area contributed by atoms with Crippen molar-refractivity contribution >= 4 is 34.4 Å². The number of nitrogens with one attached hydrogen (secondary N) is 1. The average Bonchev–Trinajstić information content (AvgIpc) is 2.80. The largest absolute Gasteiger partial charge is 0.378 e. The molecule has 0 atom stereocenters. The Morgan fingerprint density at radius 2 is 1.38 bits per heavy atom. The number of nitrogens with zero attached hydrogens (tertiary/aromatic N) is 6. The zero-order chi connectivity index (χ0) is 19.5. The molecule has 2 aliphatic heterocycles. The number of benzene rings is 1. The third-order valence-corrected chi connectivity index (χ3v) is 5.05. The molecule has 9 nitrogen and oxygen atoms in total. The minimum atomic E-state index is 0.636. The molecule has 3 aromatic rings. The Kier molecular flexibility index (Phi) is 5.06. The van der Waals surface area contributed by atoms with Gasteiger partial charge in [0.05, 0.1) is 31.8 Å². The highest BCUT2D eigenvalue weighted by molar-refractivity contribution is 5.89. The molecule has 2 aromatic heterocycles. The summed E-state index contributed by atoms with van der Waals surface area (Å²) in [6.07, 6.45) is 1.81. The molecule has 0 bridgehead atoms. The lowest BCUT2D eigenvalue weighted by molar-refractivity contribution is 0.122. The van der Waals surface area contributed by atoms with Crippen LogP contribution in [0.15, 0.2) is 36.5 Å².